The average molecular weight is 408 g/mol. The van der Waals surface area contributed by atoms with Gasteiger partial charge >= 0.3 is 6.18 Å². The van der Waals surface area contributed by atoms with E-state index in [1.54, 1.807) is 0 Å². The van der Waals surface area contributed by atoms with E-state index in [1.165, 1.54) is 25.3 Å². The zero-order chi connectivity index (χ0) is 19.3. The van der Waals surface area contributed by atoms with Crippen LogP contribution in [0.3, 0.4) is 0 Å². The molecule has 0 aliphatic heterocycles. The van der Waals surface area contributed by atoms with Gasteiger partial charge in [-0.05, 0) is 36.4 Å². The van der Waals surface area contributed by atoms with Crippen molar-refractivity contribution < 1.29 is 27.4 Å². The van der Waals surface area contributed by atoms with Crippen LogP contribution in [-0.4, -0.2) is 26.2 Å². The minimum absolute atomic E-state index is 0.0660. The summed E-state index contributed by atoms with van der Waals surface area (Å²) in [5.74, 6) is -0.615. The third-order valence-electron chi connectivity index (χ3n) is 3.28. The number of alkyl halides is 3. The lowest BCUT2D eigenvalue weighted by molar-refractivity contribution is -0.137. The number of rotatable bonds is 6. The molecule has 0 aliphatic carbocycles. The van der Waals surface area contributed by atoms with Crippen molar-refractivity contribution in [2.75, 3.05) is 25.6 Å². The van der Waals surface area contributed by atoms with Crippen molar-refractivity contribution in [1.29, 1.82) is 0 Å². The van der Waals surface area contributed by atoms with Crippen LogP contribution >= 0.6 is 23.2 Å². The molecule has 140 valence electrons. The van der Waals surface area contributed by atoms with Gasteiger partial charge in [0.25, 0.3) is 5.91 Å². The fourth-order valence-corrected chi connectivity index (χ4v) is 2.52. The summed E-state index contributed by atoms with van der Waals surface area (Å²) in [6.45, 7) is 0.337. The molecule has 0 saturated heterocycles. The second kappa shape index (κ2) is 8.62. The van der Waals surface area contributed by atoms with Gasteiger partial charge in [-0.1, -0.05) is 23.2 Å². The quantitative estimate of drug-likeness (QED) is 0.661. The standard InChI is InChI=1S/C17H14Cl2F3NO3/c1-25-6-7-26-15-5-2-10(17(20,21)22)8-14(15)23-16(24)12-4-3-11(18)9-13(12)19/h2-5,8-9H,6-7H2,1H3,(H,23,24). The Bertz CT molecular complexity index is 797. The first kappa shape index (κ1) is 20.4. The summed E-state index contributed by atoms with van der Waals surface area (Å²) in [5, 5.41) is 2.80. The molecule has 0 spiro atoms. The fraction of sp³-hybridized carbons (Fsp3) is 0.235. The van der Waals surface area contributed by atoms with Gasteiger partial charge in [-0.2, -0.15) is 13.2 Å². The Labute approximate surface area is 157 Å². The van der Waals surface area contributed by atoms with Crippen molar-refractivity contribution in [3.63, 3.8) is 0 Å². The highest BCUT2D eigenvalue weighted by Crippen LogP contribution is 2.35. The lowest BCUT2D eigenvalue weighted by Gasteiger charge is -2.15. The summed E-state index contributed by atoms with van der Waals surface area (Å²) in [4.78, 5) is 12.4. The largest absolute Gasteiger partial charge is 0.489 e. The minimum Gasteiger partial charge on any atom is -0.489 e. The number of nitrogens with one attached hydrogen (secondary N) is 1. The highest BCUT2D eigenvalue weighted by atomic mass is 35.5. The smallest absolute Gasteiger partial charge is 0.416 e. The van der Waals surface area contributed by atoms with Crippen LogP contribution in [0.25, 0.3) is 0 Å². The molecule has 9 heteroatoms. The van der Waals surface area contributed by atoms with Gasteiger partial charge in [0.2, 0.25) is 0 Å². The predicted octanol–water partition coefficient (Wildman–Crippen LogP) is 5.29. The Hall–Kier alpha value is -1.96. The summed E-state index contributed by atoms with van der Waals surface area (Å²) >= 11 is 11.7. The van der Waals surface area contributed by atoms with Gasteiger partial charge in [0.15, 0.2) is 0 Å². The highest BCUT2D eigenvalue weighted by molar-refractivity contribution is 6.37. The first-order chi connectivity index (χ1) is 12.2. The third-order valence-corrected chi connectivity index (χ3v) is 3.82. The summed E-state index contributed by atoms with van der Waals surface area (Å²) in [5.41, 5.74) is -0.989. The van der Waals surface area contributed by atoms with E-state index in [9.17, 15) is 18.0 Å². The fourth-order valence-electron chi connectivity index (χ4n) is 2.03. The molecule has 0 aliphatic rings. The molecule has 1 N–H and O–H groups in total. The van der Waals surface area contributed by atoms with Gasteiger partial charge < -0.3 is 14.8 Å². The summed E-state index contributed by atoms with van der Waals surface area (Å²) in [6, 6.07) is 6.98. The molecule has 0 saturated carbocycles. The Morgan fingerprint density at radius 1 is 1.12 bits per heavy atom. The molecular formula is C17H14Cl2F3NO3. The Kier molecular flexibility index (Phi) is 6.75. The molecule has 0 unspecified atom stereocenters. The number of carbonyl (C=O) groups is 1. The summed E-state index contributed by atoms with van der Waals surface area (Å²) in [7, 11) is 1.46. The number of halogens is 5. The highest BCUT2D eigenvalue weighted by Gasteiger charge is 2.31. The van der Waals surface area contributed by atoms with E-state index < -0.39 is 17.6 Å². The van der Waals surface area contributed by atoms with Crippen LogP contribution in [0.5, 0.6) is 5.75 Å². The van der Waals surface area contributed by atoms with Crippen molar-refractivity contribution in [3.05, 3.63) is 57.6 Å². The zero-order valence-electron chi connectivity index (χ0n) is 13.5. The van der Waals surface area contributed by atoms with E-state index >= 15 is 0 Å². The topological polar surface area (TPSA) is 47.6 Å². The molecule has 0 atom stereocenters. The van der Waals surface area contributed by atoms with Crippen LogP contribution in [-0.2, 0) is 10.9 Å². The maximum atomic E-state index is 13.0. The molecule has 2 aromatic carbocycles. The van der Waals surface area contributed by atoms with Gasteiger partial charge in [-0.15, -0.1) is 0 Å². The van der Waals surface area contributed by atoms with Gasteiger partial charge in [0.05, 0.1) is 28.4 Å². The van der Waals surface area contributed by atoms with Crippen LogP contribution in [0, 0.1) is 0 Å². The van der Waals surface area contributed by atoms with Crippen molar-refractivity contribution in [3.8, 4) is 5.75 Å². The third kappa shape index (κ3) is 5.27. The van der Waals surface area contributed by atoms with Gasteiger partial charge in [-0.25, -0.2) is 0 Å². The second-order valence-corrected chi connectivity index (χ2v) is 5.97. The van der Waals surface area contributed by atoms with Crippen LogP contribution in [0.1, 0.15) is 15.9 Å². The average Bonchev–Trinajstić information content (AvgIpc) is 2.55. The molecule has 2 rings (SSSR count). The van der Waals surface area contributed by atoms with Gasteiger partial charge in [-0.3, -0.25) is 4.79 Å². The maximum Gasteiger partial charge on any atom is 0.416 e. The number of methoxy groups -OCH3 is 1. The molecule has 0 aromatic heterocycles. The SMILES string of the molecule is COCCOc1ccc(C(F)(F)F)cc1NC(=O)c1ccc(Cl)cc1Cl. The first-order valence-electron chi connectivity index (χ1n) is 7.31. The van der Waals surface area contributed by atoms with Crippen LogP contribution < -0.4 is 10.1 Å². The molecule has 26 heavy (non-hydrogen) atoms. The molecule has 0 radical (unpaired) electrons. The zero-order valence-corrected chi connectivity index (χ0v) is 15.0. The number of ether oxygens (including phenoxy) is 2. The molecule has 0 bridgehead atoms. The maximum absolute atomic E-state index is 13.0. The van der Waals surface area contributed by atoms with Crippen molar-refractivity contribution in [1.82, 2.24) is 0 Å². The van der Waals surface area contributed by atoms with Crippen LogP contribution in [0.15, 0.2) is 36.4 Å². The van der Waals surface area contributed by atoms with E-state index in [2.05, 4.69) is 5.32 Å². The molecule has 4 nitrogen and oxygen atoms in total. The Morgan fingerprint density at radius 3 is 2.46 bits per heavy atom. The van der Waals surface area contributed by atoms with Gasteiger partial charge in [0.1, 0.15) is 12.4 Å². The monoisotopic (exact) mass is 407 g/mol. The molecule has 0 fully saturated rings. The van der Waals surface area contributed by atoms with Crippen LogP contribution in [0.4, 0.5) is 18.9 Å². The van der Waals surface area contributed by atoms with Crippen molar-refractivity contribution in [2.24, 2.45) is 0 Å². The normalized spacial score (nSPS) is 11.3. The lowest BCUT2D eigenvalue weighted by atomic mass is 10.1. The molecule has 1 amide bonds. The summed E-state index contributed by atoms with van der Waals surface area (Å²) in [6.07, 6.45) is -4.57. The van der Waals surface area contributed by atoms with Crippen LogP contribution in [0.2, 0.25) is 10.0 Å². The van der Waals surface area contributed by atoms with E-state index in [-0.39, 0.29) is 35.2 Å². The van der Waals surface area contributed by atoms with Gasteiger partial charge in [0, 0.05) is 12.1 Å². The first-order valence-corrected chi connectivity index (χ1v) is 8.07. The number of amides is 1. The number of hydrogen-bond donors (Lipinski definition) is 1. The van der Waals surface area contributed by atoms with E-state index in [0.29, 0.717) is 5.02 Å². The molecule has 0 heterocycles. The lowest BCUT2D eigenvalue weighted by Crippen LogP contribution is -2.15. The van der Waals surface area contributed by atoms with E-state index in [4.69, 9.17) is 32.7 Å². The van der Waals surface area contributed by atoms with Crippen molar-refractivity contribution >= 4 is 34.8 Å². The number of anilines is 1. The van der Waals surface area contributed by atoms with E-state index in [1.807, 2.05) is 0 Å². The minimum atomic E-state index is -4.57. The molecular weight excluding hydrogens is 394 g/mol. The van der Waals surface area contributed by atoms with E-state index in [0.717, 1.165) is 18.2 Å². The number of carbonyl (C=O) groups excluding carboxylic acids is 1. The van der Waals surface area contributed by atoms with Crippen molar-refractivity contribution in [2.45, 2.75) is 6.18 Å². The predicted molar refractivity (Wildman–Crippen MR) is 93.2 cm³/mol. The summed E-state index contributed by atoms with van der Waals surface area (Å²) < 4.78 is 49.1. The second-order valence-electron chi connectivity index (χ2n) is 5.13. The Balaban J connectivity index is 2.32. The molecule has 2 aromatic rings. The number of benzene rings is 2. The number of hydrogen-bond acceptors (Lipinski definition) is 3. The Morgan fingerprint density at radius 2 is 1.85 bits per heavy atom.